The molecule has 2 aromatic carbocycles. The van der Waals surface area contributed by atoms with Crippen LogP contribution in [0.2, 0.25) is 0 Å². The molecule has 2 rings (SSSR count). The topological polar surface area (TPSA) is 109 Å². The molecular formula is C22H29N3O5. The van der Waals surface area contributed by atoms with Crippen LogP contribution in [-0.4, -0.2) is 36.5 Å². The van der Waals surface area contributed by atoms with Gasteiger partial charge in [0.2, 0.25) is 0 Å². The minimum atomic E-state index is -0.651. The molecule has 0 aromatic heterocycles. The van der Waals surface area contributed by atoms with Gasteiger partial charge in [-0.15, -0.1) is 0 Å². The highest BCUT2D eigenvalue weighted by Crippen LogP contribution is 2.25. The Kier molecular flexibility index (Phi) is 7.91. The van der Waals surface area contributed by atoms with Crippen LogP contribution in [-0.2, 0) is 11.3 Å². The minimum Gasteiger partial charge on any atom is -0.508 e. The molecule has 162 valence electrons. The Labute approximate surface area is 176 Å². The highest BCUT2D eigenvalue weighted by atomic mass is 16.6. The van der Waals surface area contributed by atoms with Crippen molar-refractivity contribution in [3.05, 3.63) is 59.7 Å². The Hall–Kier alpha value is -3.42. The third kappa shape index (κ3) is 7.54. The van der Waals surface area contributed by atoms with Gasteiger partial charge in [0.1, 0.15) is 17.1 Å². The molecule has 0 aliphatic rings. The second-order valence-corrected chi connectivity index (χ2v) is 7.67. The second-order valence-electron chi connectivity index (χ2n) is 7.67. The number of phenols is 1. The van der Waals surface area contributed by atoms with E-state index in [1.54, 1.807) is 58.2 Å². The Morgan fingerprint density at radius 2 is 1.80 bits per heavy atom. The number of phenolic OH excluding ortho intramolecular Hbond substituents is 1. The molecule has 0 aliphatic carbocycles. The summed E-state index contributed by atoms with van der Waals surface area (Å²) in [7, 11) is 1.54. The zero-order chi connectivity index (χ0) is 22.1. The lowest BCUT2D eigenvalue weighted by Gasteiger charge is -2.25. The fraction of sp³-hybridized carbons (Fsp3) is 0.364. The molecule has 4 N–H and O–H groups in total. The lowest BCUT2D eigenvalue weighted by atomic mass is 10.1. The van der Waals surface area contributed by atoms with Gasteiger partial charge >= 0.3 is 12.1 Å². The van der Waals surface area contributed by atoms with Crippen molar-refractivity contribution in [2.24, 2.45) is 0 Å². The molecule has 0 aliphatic heterocycles. The molecule has 0 radical (unpaired) electrons. The molecule has 0 saturated heterocycles. The van der Waals surface area contributed by atoms with Crippen molar-refractivity contribution in [2.45, 2.75) is 39.0 Å². The number of amides is 3. The van der Waals surface area contributed by atoms with E-state index in [-0.39, 0.29) is 18.8 Å². The first kappa shape index (κ1) is 22.9. The summed E-state index contributed by atoms with van der Waals surface area (Å²) in [4.78, 5) is 24.5. The number of alkyl carbamates (subject to hydrolysis) is 1. The van der Waals surface area contributed by atoms with Gasteiger partial charge in [-0.25, -0.2) is 9.59 Å². The predicted molar refractivity (Wildman–Crippen MR) is 113 cm³/mol. The number of carbonyl (C=O) groups is 2. The van der Waals surface area contributed by atoms with Crippen molar-refractivity contribution in [3.8, 4) is 11.5 Å². The number of rotatable bonds is 7. The number of carbonyl (C=O) groups excluding carboxylic acids is 2. The maximum atomic E-state index is 12.3. The fourth-order valence-electron chi connectivity index (χ4n) is 2.75. The summed E-state index contributed by atoms with van der Waals surface area (Å²) in [6.45, 7) is 5.69. The SMILES string of the molecule is COc1ccccc1C(CNC(=O)NCc1cccc(O)c1)NC(=O)OC(C)(C)C. The smallest absolute Gasteiger partial charge is 0.408 e. The Balaban J connectivity index is 2.03. The summed E-state index contributed by atoms with van der Waals surface area (Å²) in [5, 5.41) is 17.8. The van der Waals surface area contributed by atoms with Crippen LogP contribution in [0, 0.1) is 0 Å². The van der Waals surface area contributed by atoms with Gasteiger partial charge in [0.25, 0.3) is 0 Å². The average molecular weight is 415 g/mol. The Morgan fingerprint density at radius 1 is 1.07 bits per heavy atom. The first-order valence-electron chi connectivity index (χ1n) is 9.60. The van der Waals surface area contributed by atoms with E-state index in [1.807, 2.05) is 18.2 Å². The van der Waals surface area contributed by atoms with Crippen molar-refractivity contribution >= 4 is 12.1 Å². The van der Waals surface area contributed by atoms with Crippen LogP contribution in [0.15, 0.2) is 48.5 Å². The summed E-state index contributed by atoms with van der Waals surface area (Å²) in [5.41, 5.74) is 0.819. The summed E-state index contributed by atoms with van der Waals surface area (Å²) in [6.07, 6.45) is -0.597. The molecule has 3 amide bonds. The number of nitrogens with one attached hydrogen (secondary N) is 3. The fourth-order valence-corrected chi connectivity index (χ4v) is 2.75. The molecule has 8 heteroatoms. The van der Waals surface area contributed by atoms with E-state index >= 15 is 0 Å². The van der Waals surface area contributed by atoms with Crippen LogP contribution in [0.4, 0.5) is 9.59 Å². The number of aromatic hydroxyl groups is 1. The minimum absolute atomic E-state index is 0.117. The lowest BCUT2D eigenvalue weighted by Crippen LogP contribution is -2.43. The Morgan fingerprint density at radius 3 is 2.47 bits per heavy atom. The van der Waals surface area contributed by atoms with Gasteiger partial charge in [-0.3, -0.25) is 0 Å². The van der Waals surface area contributed by atoms with Crippen molar-refractivity contribution in [1.29, 1.82) is 0 Å². The third-order valence-corrected chi connectivity index (χ3v) is 4.04. The first-order chi connectivity index (χ1) is 14.2. The molecule has 8 nitrogen and oxygen atoms in total. The molecule has 1 atom stereocenters. The zero-order valence-electron chi connectivity index (χ0n) is 17.7. The summed E-state index contributed by atoms with van der Waals surface area (Å²) < 4.78 is 10.7. The van der Waals surface area contributed by atoms with E-state index in [2.05, 4.69) is 16.0 Å². The van der Waals surface area contributed by atoms with E-state index in [1.165, 1.54) is 0 Å². The van der Waals surface area contributed by atoms with Crippen LogP contribution in [0.1, 0.15) is 37.9 Å². The highest BCUT2D eigenvalue weighted by Gasteiger charge is 2.23. The summed E-state index contributed by atoms with van der Waals surface area (Å²) in [5.74, 6) is 0.716. The lowest BCUT2D eigenvalue weighted by molar-refractivity contribution is 0.0503. The van der Waals surface area contributed by atoms with Gasteiger partial charge < -0.3 is 30.5 Å². The van der Waals surface area contributed by atoms with Crippen LogP contribution in [0.25, 0.3) is 0 Å². The zero-order valence-corrected chi connectivity index (χ0v) is 17.7. The van der Waals surface area contributed by atoms with Gasteiger partial charge in [0, 0.05) is 18.7 Å². The largest absolute Gasteiger partial charge is 0.508 e. The maximum absolute atomic E-state index is 12.3. The number of hydrogen-bond donors (Lipinski definition) is 4. The van der Waals surface area contributed by atoms with Gasteiger partial charge in [-0.1, -0.05) is 30.3 Å². The molecule has 30 heavy (non-hydrogen) atoms. The van der Waals surface area contributed by atoms with Gasteiger partial charge in [0.05, 0.1) is 13.2 Å². The predicted octanol–water partition coefficient (Wildman–Crippen LogP) is 3.47. The number of para-hydroxylation sites is 1. The van der Waals surface area contributed by atoms with Crippen LogP contribution in [0.3, 0.4) is 0 Å². The molecule has 0 bridgehead atoms. The molecule has 0 heterocycles. The number of ether oxygens (including phenoxy) is 2. The number of urea groups is 1. The first-order valence-corrected chi connectivity index (χ1v) is 9.60. The summed E-state index contributed by atoms with van der Waals surface area (Å²) in [6, 6.07) is 12.9. The standard InChI is InChI=1S/C22H29N3O5/c1-22(2,3)30-21(28)25-18(17-10-5-6-11-19(17)29-4)14-24-20(27)23-13-15-8-7-9-16(26)12-15/h5-12,18,26H,13-14H2,1-4H3,(H,25,28)(H2,23,24,27). The monoisotopic (exact) mass is 415 g/mol. The van der Waals surface area contributed by atoms with Crippen molar-refractivity contribution in [3.63, 3.8) is 0 Å². The van der Waals surface area contributed by atoms with E-state index in [4.69, 9.17) is 9.47 Å². The van der Waals surface area contributed by atoms with Gasteiger partial charge in [0.15, 0.2) is 0 Å². The highest BCUT2D eigenvalue weighted by molar-refractivity contribution is 5.74. The quantitative estimate of drug-likeness (QED) is 0.554. The van der Waals surface area contributed by atoms with E-state index < -0.39 is 23.8 Å². The average Bonchev–Trinajstić information content (AvgIpc) is 2.68. The van der Waals surface area contributed by atoms with Crippen LogP contribution in [0.5, 0.6) is 11.5 Å². The second kappa shape index (κ2) is 10.4. The van der Waals surface area contributed by atoms with Crippen LogP contribution < -0.4 is 20.7 Å². The molecule has 0 spiro atoms. The third-order valence-electron chi connectivity index (χ3n) is 4.04. The van der Waals surface area contributed by atoms with Crippen molar-refractivity contribution in [1.82, 2.24) is 16.0 Å². The van der Waals surface area contributed by atoms with E-state index in [9.17, 15) is 14.7 Å². The van der Waals surface area contributed by atoms with Crippen molar-refractivity contribution in [2.75, 3.05) is 13.7 Å². The molecule has 2 aromatic rings. The molecule has 0 saturated carbocycles. The van der Waals surface area contributed by atoms with Crippen molar-refractivity contribution < 1.29 is 24.2 Å². The van der Waals surface area contributed by atoms with E-state index in [0.29, 0.717) is 11.3 Å². The van der Waals surface area contributed by atoms with Gasteiger partial charge in [-0.05, 0) is 44.5 Å². The molecular weight excluding hydrogens is 386 g/mol. The maximum Gasteiger partial charge on any atom is 0.408 e. The molecule has 1 unspecified atom stereocenters. The Bertz CT molecular complexity index is 864. The van der Waals surface area contributed by atoms with E-state index in [0.717, 1.165) is 5.56 Å². The van der Waals surface area contributed by atoms with Gasteiger partial charge in [-0.2, -0.15) is 0 Å². The van der Waals surface area contributed by atoms with Crippen LogP contribution >= 0.6 is 0 Å². The number of hydrogen-bond acceptors (Lipinski definition) is 5. The summed E-state index contributed by atoms with van der Waals surface area (Å²) >= 11 is 0. The number of benzene rings is 2. The normalized spacial score (nSPS) is 11.9. The molecule has 0 fully saturated rings. The number of methoxy groups -OCH3 is 1.